The molecule has 0 spiro atoms. The monoisotopic (exact) mass is 314 g/mol. The molecule has 0 aliphatic rings. The van der Waals surface area contributed by atoms with Crippen LogP contribution in [0.15, 0.2) is 30.5 Å². The van der Waals surface area contributed by atoms with E-state index in [1.54, 1.807) is 0 Å². The number of aliphatic carboxylic acids is 1. The van der Waals surface area contributed by atoms with Crippen LogP contribution >= 0.6 is 0 Å². The number of aromatic carboxylic acids is 1. The average Bonchev–Trinajstić information content (AvgIpc) is 3.10. The van der Waals surface area contributed by atoms with E-state index in [4.69, 9.17) is 5.11 Å². The minimum Gasteiger partial charge on any atom is -0.481 e. The molecule has 118 valence electrons. The second-order valence-corrected chi connectivity index (χ2v) is 5.09. The first-order chi connectivity index (χ1) is 11.1. The lowest BCUT2D eigenvalue weighted by molar-refractivity contribution is -0.137. The number of aromatic amines is 1. The molecule has 0 amide bonds. The molecule has 0 bridgehead atoms. The molecule has 2 heterocycles. The molecule has 8 nitrogen and oxygen atoms in total. The molecular weight excluding hydrogens is 300 g/mol. The van der Waals surface area contributed by atoms with Gasteiger partial charge in [0, 0.05) is 23.5 Å². The fraction of sp³-hybridized carbons (Fsp3) is 0.200. The number of hydrogen-bond acceptors (Lipinski definition) is 4. The molecule has 2 aromatic heterocycles. The highest BCUT2D eigenvalue weighted by Gasteiger charge is 2.20. The summed E-state index contributed by atoms with van der Waals surface area (Å²) in [4.78, 5) is 25.2. The van der Waals surface area contributed by atoms with Gasteiger partial charge in [0.2, 0.25) is 0 Å². The second kappa shape index (κ2) is 5.91. The maximum atomic E-state index is 11.3. The van der Waals surface area contributed by atoms with E-state index in [1.165, 1.54) is 4.68 Å². The molecule has 0 aliphatic carbocycles. The zero-order valence-corrected chi connectivity index (χ0v) is 12.1. The van der Waals surface area contributed by atoms with Crippen molar-refractivity contribution in [2.75, 3.05) is 0 Å². The number of nitrogens with one attached hydrogen (secondary N) is 1. The minimum absolute atomic E-state index is 0.0767. The Morgan fingerprint density at radius 3 is 2.74 bits per heavy atom. The number of carbonyl (C=O) groups is 2. The Hall–Kier alpha value is -3.16. The first-order valence-corrected chi connectivity index (χ1v) is 6.98. The standard InChI is InChI=1S/C15H14N4O4/c20-13(21)5-6-19-12(14(15(22)23)17-18-19)7-9-8-16-11-4-2-1-3-10(9)11/h1-4,8,16H,5-7H2,(H,20,21)(H,22,23). The normalized spacial score (nSPS) is 11.0. The number of fused-ring (bicyclic) bond motifs is 1. The van der Waals surface area contributed by atoms with Crippen molar-refractivity contribution < 1.29 is 19.8 Å². The van der Waals surface area contributed by atoms with E-state index in [0.29, 0.717) is 12.1 Å². The summed E-state index contributed by atoms with van der Waals surface area (Å²) in [5.41, 5.74) is 2.09. The van der Waals surface area contributed by atoms with Crippen LogP contribution < -0.4 is 0 Å². The van der Waals surface area contributed by atoms with Crippen molar-refractivity contribution in [2.45, 2.75) is 19.4 Å². The molecule has 8 heteroatoms. The van der Waals surface area contributed by atoms with Gasteiger partial charge >= 0.3 is 11.9 Å². The van der Waals surface area contributed by atoms with Crippen LogP contribution in [0.4, 0.5) is 0 Å². The quantitative estimate of drug-likeness (QED) is 0.634. The van der Waals surface area contributed by atoms with Crippen LogP contribution in [0, 0.1) is 0 Å². The van der Waals surface area contributed by atoms with Gasteiger partial charge in [-0.05, 0) is 11.6 Å². The summed E-state index contributed by atoms with van der Waals surface area (Å²) in [6.07, 6.45) is 1.96. The van der Waals surface area contributed by atoms with Crippen LogP contribution in [0.25, 0.3) is 10.9 Å². The third-order valence-electron chi connectivity index (χ3n) is 3.61. The summed E-state index contributed by atoms with van der Waals surface area (Å²) in [7, 11) is 0. The summed E-state index contributed by atoms with van der Waals surface area (Å²) in [5, 5.41) is 26.5. The topological polar surface area (TPSA) is 121 Å². The zero-order valence-electron chi connectivity index (χ0n) is 12.1. The molecule has 23 heavy (non-hydrogen) atoms. The molecule has 0 radical (unpaired) electrons. The number of aryl methyl sites for hydroxylation is 1. The van der Waals surface area contributed by atoms with Crippen molar-refractivity contribution >= 4 is 22.8 Å². The third kappa shape index (κ3) is 2.91. The summed E-state index contributed by atoms with van der Waals surface area (Å²) in [6, 6.07) is 7.67. The Labute approximate surface area is 130 Å². The summed E-state index contributed by atoms with van der Waals surface area (Å²) < 4.78 is 1.35. The van der Waals surface area contributed by atoms with E-state index in [0.717, 1.165) is 16.5 Å². The fourth-order valence-corrected chi connectivity index (χ4v) is 2.51. The van der Waals surface area contributed by atoms with Gasteiger partial charge in [0.1, 0.15) is 0 Å². The molecule has 0 aliphatic heterocycles. The maximum absolute atomic E-state index is 11.3. The van der Waals surface area contributed by atoms with Crippen molar-refractivity contribution in [3.05, 3.63) is 47.4 Å². The Balaban J connectivity index is 1.98. The third-order valence-corrected chi connectivity index (χ3v) is 3.61. The van der Waals surface area contributed by atoms with E-state index in [9.17, 15) is 14.7 Å². The number of carboxylic acids is 2. The van der Waals surface area contributed by atoms with Crippen LogP contribution in [0.2, 0.25) is 0 Å². The van der Waals surface area contributed by atoms with Crippen LogP contribution in [0.3, 0.4) is 0 Å². The smallest absolute Gasteiger partial charge is 0.358 e. The summed E-state index contributed by atoms with van der Waals surface area (Å²) in [5.74, 6) is -2.16. The Kier molecular flexibility index (Phi) is 3.80. The van der Waals surface area contributed by atoms with Gasteiger partial charge in [0.05, 0.1) is 18.7 Å². The number of carboxylic acid groups (broad SMARTS) is 2. The summed E-state index contributed by atoms with van der Waals surface area (Å²) >= 11 is 0. The number of para-hydroxylation sites is 1. The first kappa shape index (κ1) is 14.8. The van der Waals surface area contributed by atoms with Gasteiger partial charge in [-0.2, -0.15) is 0 Å². The average molecular weight is 314 g/mol. The van der Waals surface area contributed by atoms with Crippen molar-refractivity contribution in [1.82, 2.24) is 20.0 Å². The Morgan fingerprint density at radius 1 is 1.22 bits per heavy atom. The highest BCUT2D eigenvalue weighted by Crippen LogP contribution is 2.22. The van der Waals surface area contributed by atoms with Crippen LogP contribution in [0.1, 0.15) is 28.2 Å². The lowest BCUT2D eigenvalue weighted by Crippen LogP contribution is -2.11. The second-order valence-electron chi connectivity index (χ2n) is 5.09. The molecular formula is C15H14N4O4. The lowest BCUT2D eigenvalue weighted by Gasteiger charge is -2.05. The molecule has 3 N–H and O–H groups in total. The molecule has 0 saturated carbocycles. The lowest BCUT2D eigenvalue weighted by atomic mass is 10.1. The number of nitrogens with zero attached hydrogens (tertiary/aromatic N) is 3. The van der Waals surface area contributed by atoms with Crippen molar-refractivity contribution in [3.63, 3.8) is 0 Å². The molecule has 1 aromatic carbocycles. The van der Waals surface area contributed by atoms with Gasteiger partial charge in [-0.15, -0.1) is 5.10 Å². The van der Waals surface area contributed by atoms with Crippen LogP contribution in [-0.4, -0.2) is 42.1 Å². The highest BCUT2D eigenvalue weighted by atomic mass is 16.4. The number of benzene rings is 1. The van der Waals surface area contributed by atoms with E-state index < -0.39 is 11.9 Å². The van der Waals surface area contributed by atoms with E-state index in [-0.39, 0.29) is 18.7 Å². The maximum Gasteiger partial charge on any atom is 0.358 e. The number of H-pyrrole nitrogens is 1. The van der Waals surface area contributed by atoms with Crippen molar-refractivity contribution in [2.24, 2.45) is 0 Å². The van der Waals surface area contributed by atoms with E-state index in [2.05, 4.69) is 15.3 Å². The number of rotatable bonds is 6. The van der Waals surface area contributed by atoms with Gasteiger partial charge < -0.3 is 15.2 Å². The van der Waals surface area contributed by atoms with Gasteiger partial charge in [-0.25, -0.2) is 9.48 Å². The minimum atomic E-state index is -1.18. The first-order valence-electron chi connectivity index (χ1n) is 6.98. The molecule has 0 saturated heterocycles. The Bertz CT molecular complexity index is 881. The Morgan fingerprint density at radius 2 is 2.00 bits per heavy atom. The van der Waals surface area contributed by atoms with E-state index in [1.807, 2.05) is 30.5 Å². The number of aromatic nitrogens is 4. The van der Waals surface area contributed by atoms with E-state index >= 15 is 0 Å². The van der Waals surface area contributed by atoms with Crippen molar-refractivity contribution in [1.29, 1.82) is 0 Å². The largest absolute Gasteiger partial charge is 0.481 e. The zero-order chi connectivity index (χ0) is 16.4. The molecule has 0 unspecified atom stereocenters. The molecule has 3 aromatic rings. The SMILES string of the molecule is O=C(O)CCn1nnc(C(=O)O)c1Cc1c[nH]c2ccccc12. The predicted molar refractivity (Wildman–Crippen MR) is 80.3 cm³/mol. The number of hydrogen-bond donors (Lipinski definition) is 3. The van der Waals surface area contributed by atoms with Gasteiger partial charge in [0.25, 0.3) is 0 Å². The molecule has 0 atom stereocenters. The molecule has 3 rings (SSSR count). The highest BCUT2D eigenvalue weighted by molar-refractivity contribution is 5.87. The van der Waals surface area contributed by atoms with Crippen LogP contribution in [-0.2, 0) is 17.8 Å². The van der Waals surface area contributed by atoms with Crippen LogP contribution in [0.5, 0.6) is 0 Å². The van der Waals surface area contributed by atoms with Gasteiger partial charge in [0.15, 0.2) is 5.69 Å². The molecule has 0 fully saturated rings. The van der Waals surface area contributed by atoms with Gasteiger partial charge in [-0.1, -0.05) is 23.4 Å². The van der Waals surface area contributed by atoms with Crippen molar-refractivity contribution in [3.8, 4) is 0 Å². The summed E-state index contributed by atoms with van der Waals surface area (Å²) in [6.45, 7) is 0.0767. The fourth-order valence-electron chi connectivity index (χ4n) is 2.51. The predicted octanol–water partition coefficient (Wildman–Crippen LogP) is 1.52. The van der Waals surface area contributed by atoms with Gasteiger partial charge in [-0.3, -0.25) is 4.79 Å².